The van der Waals surface area contributed by atoms with Crippen molar-refractivity contribution < 1.29 is 0 Å². The van der Waals surface area contributed by atoms with E-state index in [1.807, 2.05) is 0 Å². The van der Waals surface area contributed by atoms with E-state index in [9.17, 15) is 0 Å². The largest absolute Gasteiger partial charge is 0.313 e. The Balaban J connectivity index is 1.63. The highest BCUT2D eigenvalue weighted by molar-refractivity contribution is 5.06. The van der Waals surface area contributed by atoms with E-state index < -0.39 is 0 Å². The third kappa shape index (κ3) is 3.49. The van der Waals surface area contributed by atoms with Crippen LogP contribution in [0.3, 0.4) is 0 Å². The molecule has 0 radical (unpaired) electrons. The van der Waals surface area contributed by atoms with Crippen LogP contribution >= 0.6 is 0 Å². The van der Waals surface area contributed by atoms with Gasteiger partial charge in [0.05, 0.1) is 0 Å². The van der Waals surface area contributed by atoms with E-state index in [1.165, 1.54) is 45.1 Å². The van der Waals surface area contributed by atoms with Gasteiger partial charge in [0.1, 0.15) is 0 Å². The van der Waals surface area contributed by atoms with Gasteiger partial charge in [0.25, 0.3) is 0 Å². The summed E-state index contributed by atoms with van der Waals surface area (Å²) in [5.41, 5.74) is 0.704. The molecular formula is C20H37N. The lowest BCUT2D eigenvalue weighted by Crippen LogP contribution is -2.56. The minimum Gasteiger partial charge on any atom is -0.313 e. The fourth-order valence-corrected chi connectivity index (χ4v) is 6.32. The molecule has 122 valence electrons. The van der Waals surface area contributed by atoms with Gasteiger partial charge in [0, 0.05) is 6.04 Å². The molecule has 4 rings (SSSR count). The van der Waals surface area contributed by atoms with Crippen LogP contribution in [-0.4, -0.2) is 12.6 Å². The molecule has 21 heavy (non-hydrogen) atoms. The van der Waals surface area contributed by atoms with Crippen molar-refractivity contribution in [2.24, 2.45) is 23.2 Å². The van der Waals surface area contributed by atoms with Crippen molar-refractivity contribution in [3.63, 3.8) is 0 Å². The SMILES string of the molecule is CCCCCCC(NCCC)C12CC3CC(CC(C3)C1)C2. The molecule has 0 heterocycles. The highest BCUT2D eigenvalue weighted by atomic mass is 14.9. The van der Waals surface area contributed by atoms with Gasteiger partial charge in [-0.1, -0.05) is 39.5 Å². The lowest BCUT2D eigenvalue weighted by atomic mass is 9.47. The van der Waals surface area contributed by atoms with Gasteiger partial charge >= 0.3 is 0 Å². The Bertz CT molecular complexity index is 287. The van der Waals surface area contributed by atoms with Crippen LogP contribution in [0, 0.1) is 23.2 Å². The van der Waals surface area contributed by atoms with Crippen LogP contribution in [-0.2, 0) is 0 Å². The van der Waals surface area contributed by atoms with Gasteiger partial charge < -0.3 is 5.32 Å². The van der Waals surface area contributed by atoms with Crippen LogP contribution in [0.1, 0.15) is 90.9 Å². The van der Waals surface area contributed by atoms with Gasteiger partial charge in [0.2, 0.25) is 0 Å². The van der Waals surface area contributed by atoms with E-state index in [4.69, 9.17) is 0 Å². The molecule has 4 fully saturated rings. The molecule has 0 aromatic carbocycles. The summed E-state index contributed by atoms with van der Waals surface area (Å²) in [5, 5.41) is 4.00. The molecule has 0 aliphatic heterocycles. The van der Waals surface area contributed by atoms with E-state index in [0.717, 1.165) is 23.8 Å². The summed E-state index contributed by atoms with van der Waals surface area (Å²) in [6.45, 7) is 5.88. The molecule has 1 N–H and O–H groups in total. The van der Waals surface area contributed by atoms with E-state index >= 15 is 0 Å². The molecule has 1 heteroatoms. The van der Waals surface area contributed by atoms with Crippen molar-refractivity contribution in [2.75, 3.05) is 6.54 Å². The molecule has 1 atom stereocenters. The molecular weight excluding hydrogens is 254 g/mol. The van der Waals surface area contributed by atoms with Gasteiger partial charge in [-0.25, -0.2) is 0 Å². The molecule has 4 aliphatic carbocycles. The van der Waals surface area contributed by atoms with E-state index in [1.54, 1.807) is 38.5 Å². The summed E-state index contributed by atoms with van der Waals surface area (Å²) in [7, 11) is 0. The fourth-order valence-electron chi connectivity index (χ4n) is 6.32. The molecule has 1 unspecified atom stereocenters. The summed E-state index contributed by atoms with van der Waals surface area (Å²) in [4.78, 5) is 0. The van der Waals surface area contributed by atoms with Gasteiger partial charge in [0.15, 0.2) is 0 Å². The Hall–Kier alpha value is -0.0400. The third-order valence-corrected chi connectivity index (χ3v) is 6.81. The summed E-state index contributed by atoms with van der Waals surface area (Å²) in [6.07, 6.45) is 17.9. The van der Waals surface area contributed by atoms with Gasteiger partial charge in [-0.3, -0.25) is 0 Å². The quantitative estimate of drug-likeness (QED) is 0.550. The van der Waals surface area contributed by atoms with Crippen LogP contribution < -0.4 is 5.32 Å². The van der Waals surface area contributed by atoms with Crippen LogP contribution in [0.2, 0.25) is 0 Å². The average Bonchev–Trinajstić information content (AvgIpc) is 2.45. The average molecular weight is 292 g/mol. The van der Waals surface area contributed by atoms with Crippen molar-refractivity contribution in [3.05, 3.63) is 0 Å². The van der Waals surface area contributed by atoms with Crippen molar-refractivity contribution in [2.45, 2.75) is 96.9 Å². The highest BCUT2D eigenvalue weighted by Crippen LogP contribution is 2.61. The lowest BCUT2D eigenvalue weighted by Gasteiger charge is -2.59. The summed E-state index contributed by atoms with van der Waals surface area (Å²) in [6, 6.07) is 0.836. The third-order valence-electron chi connectivity index (χ3n) is 6.81. The molecule has 4 saturated carbocycles. The Morgan fingerprint density at radius 3 is 2.00 bits per heavy atom. The Labute approximate surface area is 132 Å². The van der Waals surface area contributed by atoms with Crippen LogP contribution in [0.5, 0.6) is 0 Å². The Morgan fingerprint density at radius 1 is 0.857 bits per heavy atom. The normalized spacial score (nSPS) is 38.9. The maximum Gasteiger partial charge on any atom is 0.0124 e. The number of nitrogens with one attached hydrogen (secondary N) is 1. The van der Waals surface area contributed by atoms with Gasteiger partial charge in [-0.15, -0.1) is 0 Å². The van der Waals surface area contributed by atoms with Crippen molar-refractivity contribution >= 4 is 0 Å². The predicted octanol–water partition coefficient (Wildman–Crippen LogP) is 5.54. The fraction of sp³-hybridized carbons (Fsp3) is 1.00. The molecule has 0 amide bonds. The first-order valence-corrected chi connectivity index (χ1v) is 9.99. The Kier molecular flexibility index (Phi) is 5.30. The second-order valence-corrected chi connectivity index (χ2v) is 8.64. The monoisotopic (exact) mass is 291 g/mol. The number of hydrogen-bond donors (Lipinski definition) is 1. The smallest absolute Gasteiger partial charge is 0.0124 e. The van der Waals surface area contributed by atoms with Crippen molar-refractivity contribution in [1.29, 1.82) is 0 Å². The van der Waals surface area contributed by atoms with Crippen molar-refractivity contribution in [3.8, 4) is 0 Å². The molecule has 0 aromatic heterocycles. The number of unbranched alkanes of at least 4 members (excludes halogenated alkanes) is 3. The van der Waals surface area contributed by atoms with Gasteiger partial charge in [-0.05, 0) is 81.1 Å². The number of hydrogen-bond acceptors (Lipinski definition) is 1. The molecule has 0 aromatic rings. The van der Waals surface area contributed by atoms with Crippen LogP contribution in [0.25, 0.3) is 0 Å². The van der Waals surface area contributed by atoms with Crippen molar-refractivity contribution in [1.82, 2.24) is 5.32 Å². The lowest BCUT2D eigenvalue weighted by molar-refractivity contribution is -0.0755. The predicted molar refractivity (Wildman–Crippen MR) is 91.4 cm³/mol. The summed E-state index contributed by atoms with van der Waals surface area (Å²) < 4.78 is 0. The molecule has 4 bridgehead atoms. The van der Waals surface area contributed by atoms with E-state index in [-0.39, 0.29) is 0 Å². The zero-order valence-corrected chi connectivity index (χ0v) is 14.5. The second kappa shape index (κ2) is 7.02. The summed E-state index contributed by atoms with van der Waals surface area (Å²) >= 11 is 0. The Morgan fingerprint density at radius 2 is 1.48 bits per heavy atom. The standard InChI is InChI=1S/C20H37N/c1-3-5-6-7-8-19(21-9-4-2)20-13-16-10-17(14-20)12-18(11-16)15-20/h16-19,21H,3-15H2,1-2H3. The van der Waals surface area contributed by atoms with Crippen LogP contribution in [0.15, 0.2) is 0 Å². The minimum absolute atomic E-state index is 0.704. The maximum absolute atomic E-state index is 4.00. The number of rotatable bonds is 9. The zero-order chi connectivity index (χ0) is 14.7. The van der Waals surface area contributed by atoms with E-state index in [2.05, 4.69) is 19.2 Å². The maximum atomic E-state index is 4.00. The first-order valence-electron chi connectivity index (χ1n) is 9.99. The molecule has 1 nitrogen and oxygen atoms in total. The summed E-state index contributed by atoms with van der Waals surface area (Å²) in [5.74, 6) is 3.29. The molecule has 0 spiro atoms. The topological polar surface area (TPSA) is 12.0 Å². The van der Waals surface area contributed by atoms with E-state index in [0.29, 0.717) is 5.41 Å². The molecule has 0 saturated heterocycles. The minimum atomic E-state index is 0.704. The molecule has 4 aliphatic rings. The first-order chi connectivity index (χ1) is 10.3. The van der Waals surface area contributed by atoms with Crippen LogP contribution in [0.4, 0.5) is 0 Å². The second-order valence-electron chi connectivity index (χ2n) is 8.64. The highest BCUT2D eigenvalue weighted by Gasteiger charge is 2.53. The first kappa shape index (κ1) is 15.8. The van der Waals surface area contributed by atoms with Gasteiger partial charge in [-0.2, -0.15) is 0 Å². The zero-order valence-electron chi connectivity index (χ0n) is 14.5.